The van der Waals surface area contributed by atoms with Gasteiger partial charge in [0.05, 0.1) is 0 Å². The molecule has 0 aromatic rings. The molecule has 0 aliphatic heterocycles. The van der Waals surface area contributed by atoms with E-state index in [-0.39, 0.29) is 0 Å². The number of hydrogen-bond acceptors (Lipinski definition) is 0. The van der Waals surface area contributed by atoms with Crippen LogP contribution in [0, 0.1) is 0 Å². The van der Waals surface area contributed by atoms with Crippen LogP contribution in [0.25, 0.3) is 0 Å². The molecule has 0 saturated carbocycles. The summed E-state index contributed by atoms with van der Waals surface area (Å²) >= 11 is 0. The van der Waals surface area contributed by atoms with Gasteiger partial charge in [0.1, 0.15) is 0 Å². The van der Waals surface area contributed by atoms with Gasteiger partial charge in [0, 0.05) is 0 Å². The Morgan fingerprint density at radius 3 is 1.92 bits per heavy atom. The molecule has 0 aliphatic carbocycles. The van der Waals surface area contributed by atoms with Crippen LogP contribution in [-0.2, 0) is 0 Å². The van der Waals surface area contributed by atoms with Gasteiger partial charge in [0.2, 0.25) is 0 Å². The van der Waals surface area contributed by atoms with Crippen LogP contribution in [0.2, 0.25) is 0 Å². The molecule has 0 aromatic heterocycles. The molecule has 0 bridgehead atoms. The summed E-state index contributed by atoms with van der Waals surface area (Å²) in [5.74, 6) is 0. The fourth-order valence-electron chi connectivity index (χ4n) is 1.51. The van der Waals surface area contributed by atoms with Crippen molar-refractivity contribution in [2.24, 2.45) is 0 Å². The first-order chi connectivity index (χ1) is 6.22. The maximum Gasteiger partial charge on any atom is -0.0320 e. The Morgan fingerprint density at radius 2 is 1.38 bits per heavy atom. The fourth-order valence-corrected chi connectivity index (χ4v) is 1.51. The lowest BCUT2D eigenvalue weighted by Crippen LogP contribution is -1.85. The standard InChI is InChI=1S/C13H26/c1-5-7-8-9-10-11-13(4)12(3)6-2/h5-11H2,1-4H3. The molecule has 0 aromatic carbocycles. The van der Waals surface area contributed by atoms with Crippen LogP contribution in [0.5, 0.6) is 0 Å². The van der Waals surface area contributed by atoms with E-state index in [2.05, 4.69) is 27.7 Å². The maximum absolute atomic E-state index is 2.29. The van der Waals surface area contributed by atoms with Crippen molar-refractivity contribution >= 4 is 0 Å². The Labute approximate surface area is 84.4 Å². The Balaban J connectivity index is 3.42. The number of allylic oxidation sites excluding steroid dienone is 2. The highest BCUT2D eigenvalue weighted by Crippen LogP contribution is 2.15. The van der Waals surface area contributed by atoms with Gasteiger partial charge in [-0.2, -0.15) is 0 Å². The highest BCUT2D eigenvalue weighted by Gasteiger charge is 1.95. The minimum Gasteiger partial charge on any atom is -0.0747 e. The summed E-state index contributed by atoms with van der Waals surface area (Å²) < 4.78 is 0. The van der Waals surface area contributed by atoms with Gasteiger partial charge < -0.3 is 0 Å². The summed E-state index contributed by atoms with van der Waals surface area (Å²) in [6.45, 7) is 9.07. The van der Waals surface area contributed by atoms with Crippen LogP contribution in [0.4, 0.5) is 0 Å². The Bertz CT molecular complexity index is 142. The second kappa shape index (κ2) is 8.34. The number of rotatable bonds is 7. The molecule has 0 saturated heterocycles. The molecule has 78 valence electrons. The zero-order valence-corrected chi connectivity index (χ0v) is 9.95. The van der Waals surface area contributed by atoms with Crippen molar-refractivity contribution < 1.29 is 0 Å². The molecule has 0 spiro atoms. The smallest absolute Gasteiger partial charge is 0.0320 e. The van der Waals surface area contributed by atoms with Crippen LogP contribution >= 0.6 is 0 Å². The van der Waals surface area contributed by atoms with Gasteiger partial charge in [-0.3, -0.25) is 0 Å². The first-order valence-corrected chi connectivity index (χ1v) is 5.87. The Hall–Kier alpha value is -0.260. The third kappa shape index (κ3) is 6.86. The van der Waals surface area contributed by atoms with Crippen LogP contribution in [0.3, 0.4) is 0 Å². The summed E-state index contributed by atoms with van der Waals surface area (Å²) in [7, 11) is 0. The van der Waals surface area contributed by atoms with Crippen molar-refractivity contribution in [3.8, 4) is 0 Å². The van der Waals surface area contributed by atoms with Gasteiger partial charge in [0.15, 0.2) is 0 Å². The first-order valence-electron chi connectivity index (χ1n) is 5.87. The predicted octanol–water partition coefficient (Wildman–Crippen LogP) is 5.09. The summed E-state index contributed by atoms with van der Waals surface area (Å²) in [4.78, 5) is 0. The minimum absolute atomic E-state index is 1.22. The van der Waals surface area contributed by atoms with Crippen LogP contribution in [0.15, 0.2) is 11.1 Å². The summed E-state index contributed by atoms with van der Waals surface area (Å²) in [5, 5.41) is 0. The normalized spacial score (nSPS) is 12.9. The molecule has 0 rings (SSSR count). The molecule has 0 unspecified atom stereocenters. The van der Waals surface area contributed by atoms with E-state index in [9.17, 15) is 0 Å². The predicted molar refractivity (Wildman–Crippen MR) is 62.0 cm³/mol. The van der Waals surface area contributed by atoms with Gasteiger partial charge >= 0.3 is 0 Å². The van der Waals surface area contributed by atoms with E-state index in [1.807, 2.05) is 0 Å². The van der Waals surface area contributed by atoms with Crippen molar-refractivity contribution in [1.82, 2.24) is 0 Å². The van der Waals surface area contributed by atoms with Gasteiger partial charge in [-0.05, 0) is 33.1 Å². The van der Waals surface area contributed by atoms with Crippen LogP contribution in [0.1, 0.15) is 72.6 Å². The highest BCUT2D eigenvalue weighted by atomic mass is 14.0. The zero-order valence-electron chi connectivity index (χ0n) is 9.95. The summed E-state index contributed by atoms with van der Waals surface area (Å²) in [6, 6.07) is 0. The fraction of sp³-hybridized carbons (Fsp3) is 0.846. The molecule has 0 heteroatoms. The molecule has 0 nitrogen and oxygen atoms in total. The zero-order chi connectivity index (χ0) is 10.1. The van der Waals surface area contributed by atoms with E-state index in [4.69, 9.17) is 0 Å². The first kappa shape index (κ1) is 12.7. The van der Waals surface area contributed by atoms with Crippen molar-refractivity contribution in [3.63, 3.8) is 0 Å². The average molecular weight is 182 g/mol. The van der Waals surface area contributed by atoms with E-state index in [0.717, 1.165) is 0 Å². The molecular weight excluding hydrogens is 156 g/mol. The molecule has 0 heterocycles. The van der Waals surface area contributed by atoms with Crippen molar-refractivity contribution in [1.29, 1.82) is 0 Å². The molecule has 0 aliphatic rings. The van der Waals surface area contributed by atoms with Crippen LogP contribution < -0.4 is 0 Å². The van der Waals surface area contributed by atoms with E-state index in [0.29, 0.717) is 0 Å². The van der Waals surface area contributed by atoms with Gasteiger partial charge in [-0.15, -0.1) is 0 Å². The topological polar surface area (TPSA) is 0 Å². The van der Waals surface area contributed by atoms with Crippen molar-refractivity contribution in [2.45, 2.75) is 72.6 Å². The molecule has 0 amide bonds. The number of hydrogen-bond donors (Lipinski definition) is 0. The van der Waals surface area contributed by atoms with Gasteiger partial charge in [-0.1, -0.05) is 50.7 Å². The summed E-state index contributed by atoms with van der Waals surface area (Å²) in [6.07, 6.45) is 9.54. The summed E-state index contributed by atoms with van der Waals surface area (Å²) in [5.41, 5.74) is 3.22. The second-order valence-electron chi connectivity index (χ2n) is 4.08. The SMILES string of the molecule is CCCCCCCC(C)=C(C)CC. The third-order valence-electron chi connectivity index (χ3n) is 2.91. The van der Waals surface area contributed by atoms with Gasteiger partial charge in [-0.25, -0.2) is 0 Å². The van der Waals surface area contributed by atoms with Crippen molar-refractivity contribution in [2.75, 3.05) is 0 Å². The van der Waals surface area contributed by atoms with Gasteiger partial charge in [0.25, 0.3) is 0 Å². The average Bonchev–Trinajstić information content (AvgIpc) is 2.16. The lowest BCUT2D eigenvalue weighted by molar-refractivity contribution is 0.628. The molecule has 0 atom stereocenters. The Kier molecular flexibility index (Phi) is 8.18. The van der Waals surface area contributed by atoms with E-state index >= 15 is 0 Å². The molecule has 0 N–H and O–H groups in total. The largest absolute Gasteiger partial charge is 0.0747 e. The minimum atomic E-state index is 1.22. The number of unbranched alkanes of at least 4 members (excludes halogenated alkanes) is 4. The lowest BCUT2D eigenvalue weighted by atomic mass is 10.0. The Morgan fingerprint density at radius 1 is 0.769 bits per heavy atom. The second-order valence-corrected chi connectivity index (χ2v) is 4.08. The third-order valence-corrected chi connectivity index (χ3v) is 2.91. The van der Waals surface area contributed by atoms with Crippen molar-refractivity contribution in [3.05, 3.63) is 11.1 Å². The highest BCUT2D eigenvalue weighted by molar-refractivity contribution is 5.08. The van der Waals surface area contributed by atoms with E-state index in [1.54, 1.807) is 11.1 Å². The maximum atomic E-state index is 2.29. The van der Waals surface area contributed by atoms with E-state index < -0.39 is 0 Å². The quantitative estimate of drug-likeness (QED) is 0.380. The van der Waals surface area contributed by atoms with E-state index in [1.165, 1.54) is 44.9 Å². The molecule has 0 radical (unpaired) electrons. The monoisotopic (exact) mass is 182 g/mol. The molecule has 13 heavy (non-hydrogen) atoms. The lowest BCUT2D eigenvalue weighted by Gasteiger charge is -2.05. The molecule has 0 fully saturated rings. The van der Waals surface area contributed by atoms with Crippen LogP contribution in [-0.4, -0.2) is 0 Å². The molecular formula is C13H26.